The third kappa shape index (κ3) is 4.92. The maximum Gasteiger partial charge on any atom is 0.220 e. The third-order valence-electron chi connectivity index (χ3n) is 3.88. The van der Waals surface area contributed by atoms with Crippen molar-refractivity contribution in [3.63, 3.8) is 0 Å². The number of carbonyl (C=O) groups excluding carboxylic acids is 1. The molecule has 7 heteroatoms. The molecule has 0 aliphatic heterocycles. The molecule has 1 amide bonds. The van der Waals surface area contributed by atoms with Crippen LogP contribution < -0.4 is 10.1 Å². The van der Waals surface area contributed by atoms with E-state index in [1.165, 1.54) is 0 Å². The van der Waals surface area contributed by atoms with Crippen LogP contribution in [0.25, 0.3) is 11.3 Å². The van der Waals surface area contributed by atoms with Gasteiger partial charge in [-0.2, -0.15) is 0 Å². The summed E-state index contributed by atoms with van der Waals surface area (Å²) in [4.78, 5) is 16.6. The topological polar surface area (TPSA) is 77.2 Å². The Kier molecular flexibility index (Phi) is 6.01. The van der Waals surface area contributed by atoms with Crippen LogP contribution in [-0.4, -0.2) is 29.7 Å². The second-order valence-electron chi connectivity index (χ2n) is 5.88. The Bertz CT molecular complexity index is 855. The van der Waals surface area contributed by atoms with Gasteiger partial charge < -0.3 is 14.6 Å². The summed E-state index contributed by atoms with van der Waals surface area (Å²) in [6.07, 6.45) is 1.73. The average molecular weight is 371 g/mol. The number of benzene rings is 1. The predicted octanol–water partition coefficient (Wildman–Crippen LogP) is 3.41. The largest absolute Gasteiger partial charge is 0.497 e. The van der Waals surface area contributed by atoms with Crippen LogP contribution in [0.4, 0.5) is 0 Å². The number of hydrogen-bond acceptors (Lipinski definition) is 6. The summed E-state index contributed by atoms with van der Waals surface area (Å²) in [6.45, 7) is 2.41. The van der Waals surface area contributed by atoms with Gasteiger partial charge in [-0.15, -0.1) is 11.3 Å². The first kappa shape index (κ1) is 18.1. The zero-order chi connectivity index (χ0) is 18.4. The number of hydrogen-bond donors (Lipinski definition) is 1. The smallest absolute Gasteiger partial charge is 0.220 e. The number of thiazole rings is 1. The monoisotopic (exact) mass is 371 g/mol. The Morgan fingerprint density at radius 2 is 2.08 bits per heavy atom. The molecular formula is C19H21N3O3S. The van der Waals surface area contributed by atoms with Crippen molar-refractivity contribution in [1.29, 1.82) is 0 Å². The fourth-order valence-electron chi connectivity index (χ4n) is 2.49. The van der Waals surface area contributed by atoms with Crippen molar-refractivity contribution in [3.8, 4) is 17.0 Å². The summed E-state index contributed by atoms with van der Waals surface area (Å²) in [6, 6.07) is 9.67. The SMILES string of the molecule is COc1ccc(-c2csc(CCC(=O)NCCc3cc(C)on3)n2)cc1. The highest BCUT2D eigenvalue weighted by molar-refractivity contribution is 7.09. The lowest BCUT2D eigenvalue weighted by Gasteiger charge is -2.02. The molecule has 0 saturated heterocycles. The van der Waals surface area contributed by atoms with E-state index in [9.17, 15) is 4.79 Å². The molecule has 0 aliphatic rings. The van der Waals surface area contributed by atoms with E-state index in [2.05, 4.69) is 15.5 Å². The minimum atomic E-state index is 0.0198. The standard InChI is InChI=1S/C19H21N3O3S/c1-13-11-15(22-25-13)9-10-20-18(23)7-8-19-21-17(12-26-19)14-3-5-16(24-2)6-4-14/h3-6,11-12H,7-10H2,1-2H3,(H,20,23). The molecule has 2 heterocycles. The number of methoxy groups -OCH3 is 1. The lowest BCUT2D eigenvalue weighted by atomic mass is 10.2. The zero-order valence-electron chi connectivity index (χ0n) is 14.8. The number of aromatic nitrogens is 2. The van der Waals surface area contributed by atoms with Crippen molar-refractivity contribution >= 4 is 17.2 Å². The summed E-state index contributed by atoms with van der Waals surface area (Å²) in [7, 11) is 1.65. The number of amides is 1. The number of ether oxygens (including phenoxy) is 1. The normalized spacial score (nSPS) is 10.7. The lowest BCUT2D eigenvalue weighted by molar-refractivity contribution is -0.121. The van der Waals surface area contributed by atoms with Crippen LogP contribution in [-0.2, 0) is 17.6 Å². The zero-order valence-corrected chi connectivity index (χ0v) is 15.6. The summed E-state index contributed by atoms with van der Waals surface area (Å²) < 4.78 is 10.2. The second kappa shape index (κ2) is 8.62. The van der Waals surface area contributed by atoms with Gasteiger partial charge in [0.25, 0.3) is 0 Å². The van der Waals surface area contributed by atoms with Crippen molar-refractivity contribution in [2.75, 3.05) is 13.7 Å². The molecule has 26 heavy (non-hydrogen) atoms. The molecule has 0 spiro atoms. The van der Waals surface area contributed by atoms with Crippen molar-refractivity contribution in [2.24, 2.45) is 0 Å². The Balaban J connectivity index is 1.44. The van der Waals surface area contributed by atoms with Crippen LogP contribution >= 0.6 is 11.3 Å². The van der Waals surface area contributed by atoms with E-state index >= 15 is 0 Å². The maximum atomic E-state index is 12.0. The first-order valence-electron chi connectivity index (χ1n) is 8.42. The first-order chi connectivity index (χ1) is 12.6. The summed E-state index contributed by atoms with van der Waals surface area (Å²) >= 11 is 1.58. The van der Waals surface area contributed by atoms with Gasteiger partial charge in [0.1, 0.15) is 11.5 Å². The molecule has 3 rings (SSSR count). The summed E-state index contributed by atoms with van der Waals surface area (Å²) in [5.41, 5.74) is 2.82. The highest BCUT2D eigenvalue weighted by Gasteiger charge is 2.08. The third-order valence-corrected chi connectivity index (χ3v) is 4.79. The van der Waals surface area contributed by atoms with Crippen molar-refractivity contribution in [2.45, 2.75) is 26.2 Å². The molecule has 2 aromatic heterocycles. The van der Waals surface area contributed by atoms with Gasteiger partial charge in [-0.1, -0.05) is 5.16 Å². The van der Waals surface area contributed by atoms with Crippen LogP contribution in [0.3, 0.4) is 0 Å². The van der Waals surface area contributed by atoms with E-state index in [1.807, 2.05) is 42.6 Å². The minimum absolute atomic E-state index is 0.0198. The van der Waals surface area contributed by atoms with Gasteiger partial charge in [0.2, 0.25) is 5.91 Å². The van der Waals surface area contributed by atoms with Gasteiger partial charge >= 0.3 is 0 Å². The molecule has 0 saturated carbocycles. The molecule has 136 valence electrons. The van der Waals surface area contributed by atoms with Crippen molar-refractivity contribution < 1.29 is 14.1 Å². The molecule has 1 aromatic carbocycles. The Morgan fingerprint density at radius 3 is 2.77 bits per heavy atom. The number of aryl methyl sites for hydroxylation is 2. The van der Waals surface area contributed by atoms with Crippen LogP contribution in [0.1, 0.15) is 22.9 Å². The quantitative estimate of drug-likeness (QED) is 0.657. The number of nitrogens with zero attached hydrogens (tertiary/aromatic N) is 2. The Hall–Kier alpha value is -2.67. The molecule has 0 unspecified atom stereocenters. The molecule has 0 bridgehead atoms. The molecule has 0 radical (unpaired) electrons. The van der Waals surface area contributed by atoms with Gasteiger partial charge in [-0.25, -0.2) is 4.98 Å². The highest BCUT2D eigenvalue weighted by Crippen LogP contribution is 2.24. The highest BCUT2D eigenvalue weighted by atomic mass is 32.1. The molecule has 6 nitrogen and oxygen atoms in total. The molecule has 0 aliphatic carbocycles. The van der Waals surface area contributed by atoms with Crippen molar-refractivity contribution in [3.05, 3.63) is 52.2 Å². The van der Waals surface area contributed by atoms with Crippen molar-refractivity contribution in [1.82, 2.24) is 15.5 Å². The van der Waals surface area contributed by atoms with E-state index < -0.39 is 0 Å². The number of carbonyl (C=O) groups is 1. The van der Waals surface area contributed by atoms with Crippen LogP contribution in [0.15, 0.2) is 40.2 Å². The van der Waals surface area contributed by atoms with Gasteiger partial charge in [-0.05, 0) is 31.2 Å². The van der Waals surface area contributed by atoms with E-state index in [0.29, 0.717) is 25.8 Å². The first-order valence-corrected chi connectivity index (χ1v) is 9.30. The molecule has 0 atom stereocenters. The lowest BCUT2D eigenvalue weighted by Crippen LogP contribution is -2.25. The number of rotatable bonds is 8. The van der Waals surface area contributed by atoms with Crippen LogP contribution in [0, 0.1) is 6.92 Å². The van der Waals surface area contributed by atoms with Gasteiger partial charge in [0, 0.05) is 42.8 Å². The fourth-order valence-corrected chi connectivity index (χ4v) is 3.30. The van der Waals surface area contributed by atoms with Gasteiger partial charge in [-0.3, -0.25) is 4.79 Å². The predicted molar refractivity (Wildman–Crippen MR) is 100 cm³/mol. The van der Waals surface area contributed by atoms with E-state index in [0.717, 1.165) is 33.5 Å². The van der Waals surface area contributed by atoms with E-state index in [4.69, 9.17) is 9.26 Å². The Morgan fingerprint density at radius 1 is 1.27 bits per heavy atom. The molecular weight excluding hydrogens is 350 g/mol. The fraction of sp³-hybridized carbons (Fsp3) is 0.316. The van der Waals surface area contributed by atoms with Gasteiger partial charge in [0.05, 0.1) is 23.5 Å². The number of nitrogens with one attached hydrogen (secondary N) is 1. The van der Waals surface area contributed by atoms with Crippen LogP contribution in [0.5, 0.6) is 5.75 Å². The molecule has 0 fully saturated rings. The van der Waals surface area contributed by atoms with Crippen LogP contribution in [0.2, 0.25) is 0 Å². The van der Waals surface area contributed by atoms with Gasteiger partial charge in [0.15, 0.2) is 0 Å². The Labute approximate surface area is 156 Å². The molecule has 1 N–H and O–H groups in total. The average Bonchev–Trinajstić information content (AvgIpc) is 3.29. The maximum absolute atomic E-state index is 12.0. The molecule has 3 aromatic rings. The summed E-state index contributed by atoms with van der Waals surface area (Å²) in [5, 5.41) is 9.78. The minimum Gasteiger partial charge on any atom is -0.497 e. The summed E-state index contributed by atoms with van der Waals surface area (Å²) in [5.74, 6) is 1.62. The van der Waals surface area contributed by atoms with E-state index in [-0.39, 0.29) is 5.91 Å². The second-order valence-corrected chi connectivity index (χ2v) is 6.83. The van der Waals surface area contributed by atoms with E-state index in [1.54, 1.807) is 18.4 Å².